The Bertz CT molecular complexity index is 831. The number of aliphatic hydroxyl groups is 1. The molecule has 0 aliphatic heterocycles. The molecule has 0 bridgehead atoms. The minimum atomic E-state index is -0.547. The van der Waals surface area contributed by atoms with E-state index in [9.17, 15) is 9.50 Å². The maximum Gasteiger partial charge on any atom is 0.191 e. The monoisotopic (exact) mass is 363 g/mol. The lowest BCUT2D eigenvalue weighted by molar-refractivity contribution is 0.208. The molecule has 0 saturated carbocycles. The molecule has 24 heavy (non-hydrogen) atoms. The molecule has 1 atom stereocenters. The molecule has 0 radical (unpaired) electrons. The molecule has 0 aliphatic carbocycles. The number of thiophene rings is 1. The summed E-state index contributed by atoms with van der Waals surface area (Å²) >= 11 is 3.04. The Kier molecular flexibility index (Phi) is 5.33. The minimum Gasteiger partial charge on any atom is -0.387 e. The van der Waals surface area contributed by atoms with Crippen LogP contribution in [-0.4, -0.2) is 25.6 Å². The Labute approximate surface area is 148 Å². The highest BCUT2D eigenvalue weighted by Crippen LogP contribution is 2.30. The topological polar surface area (TPSA) is 50.9 Å². The number of hydrogen-bond donors (Lipinski definition) is 1. The predicted octanol–water partition coefficient (Wildman–Crippen LogP) is 4.07. The highest BCUT2D eigenvalue weighted by molar-refractivity contribution is 7.99. The van der Waals surface area contributed by atoms with Gasteiger partial charge in [0.2, 0.25) is 0 Å². The van der Waals surface area contributed by atoms with Gasteiger partial charge in [0.25, 0.3) is 0 Å². The number of aromatic nitrogens is 3. The second-order valence-electron chi connectivity index (χ2n) is 5.33. The van der Waals surface area contributed by atoms with Crippen LogP contribution in [-0.2, 0) is 13.5 Å². The van der Waals surface area contributed by atoms with Crippen LogP contribution in [0, 0.1) is 5.82 Å². The summed E-state index contributed by atoms with van der Waals surface area (Å²) in [6.07, 6.45) is 0.425. The van der Waals surface area contributed by atoms with Crippen LogP contribution in [0.4, 0.5) is 4.39 Å². The summed E-state index contributed by atoms with van der Waals surface area (Å²) in [6.45, 7) is 2.10. The molecule has 1 N–H and O–H groups in total. The number of aryl methyl sites for hydroxylation is 1. The maximum absolute atomic E-state index is 13.9. The van der Waals surface area contributed by atoms with Crippen molar-refractivity contribution in [3.63, 3.8) is 0 Å². The van der Waals surface area contributed by atoms with E-state index in [0.717, 1.165) is 11.3 Å². The highest BCUT2D eigenvalue weighted by atomic mass is 32.2. The molecule has 7 heteroatoms. The highest BCUT2D eigenvalue weighted by Gasteiger charge is 2.17. The number of halogens is 1. The fourth-order valence-electron chi connectivity index (χ4n) is 2.32. The third-order valence-corrected chi connectivity index (χ3v) is 6.11. The van der Waals surface area contributed by atoms with Crippen LogP contribution in [0.2, 0.25) is 0 Å². The number of aliphatic hydroxyl groups excluding tert-OH is 1. The number of rotatable bonds is 6. The van der Waals surface area contributed by atoms with Crippen molar-refractivity contribution < 1.29 is 9.50 Å². The van der Waals surface area contributed by atoms with Crippen molar-refractivity contribution in [1.29, 1.82) is 0 Å². The van der Waals surface area contributed by atoms with Crippen molar-refractivity contribution in [2.24, 2.45) is 7.05 Å². The summed E-state index contributed by atoms with van der Waals surface area (Å²) in [7, 11) is 1.80. The van der Waals surface area contributed by atoms with Crippen LogP contribution >= 0.6 is 23.1 Å². The van der Waals surface area contributed by atoms with Gasteiger partial charge in [-0.3, -0.25) is 0 Å². The van der Waals surface area contributed by atoms with E-state index >= 15 is 0 Å². The zero-order chi connectivity index (χ0) is 17.1. The Morgan fingerprint density at radius 3 is 2.75 bits per heavy atom. The molecular formula is C17H18FN3OS2. The molecule has 3 aromatic rings. The molecule has 1 unspecified atom stereocenters. The van der Waals surface area contributed by atoms with Gasteiger partial charge in [-0.2, -0.15) is 0 Å². The molecular weight excluding hydrogens is 345 g/mol. The molecule has 2 aromatic heterocycles. The average molecular weight is 363 g/mol. The van der Waals surface area contributed by atoms with Gasteiger partial charge in [-0.25, -0.2) is 4.39 Å². The first-order chi connectivity index (χ1) is 11.6. The number of nitrogens with zero attached hydrogens (tertiary/aromatic N) is 3. The third-order valence-electron chi connectivity index (χ3n) is 3.68. The van der Waals surface area contributed by atoms with Crippen LogP contribution in [0.1, 0.15) is 22.8 Å². The molecule has 0 amide bonds. The second kappa shape index (κ2) is 7.46. The summed E-state index contributed by atoms with van der Waals surface area (Å²) in [5.74, 6) is 0.636. The largest absolute Gasteiger partial charge is 0.387 e. The van der Waals surface area contributed by atoms with Gasteiger partial charge in [0.05, 0.1) is 11.7 Å². The van der Waals surface area contributed by atoms with Gasteiger partial charge in [0.1, 0.15) is 5.82 Å². The van der Waals surface area contributed by atoms with Crippen molar-refractivity contribution in [3.8, 4) is 11.4 Å². The normalized spacial score (nSPS) is 12.5. The average Bonchev–Trinajstić information content (AvgIpc) is 3.20. The zero-order valence-electron chi connectivity index (χ0n) is 13.4. The number of thioether (sulfide) groups is 1. The van der Waals surface area contributed by atoms with Gasteiger partial charge in [-0.05, 0) is 30.7 Å². The van der Waals surface area contributed by atoms with Gasteiger partial charge in [-0.1, -0.05) is 30.8 Å². The fraction of sp³-hybridized carbons (Fsp3) is 0.294. The molecule has 2 heterocycles. The molecule has 126 valence electrons. The van der Waals surface area contributed by atoms with Crippen LogP contribution in [0.5, 0.6) is 0 Å². The van der Waals surface area contributed by atoms with Gasteiger partial charge >= 0.3 is 0 Å². The lowest BCUT2D eigenvalue weighted by Crippen LogP contribution is -2.01. The van der Waals surface area contributed by atoms with Crippen molar-refractivity contribution in [2.45, 2.75) is 24.6 Å². The Balaban J connectivity index is 1.71. The van der Waals surface area contributed by atoms with Crippen molar-refractivity contribution in [2.75, 3.05) is 5.75 Å². The van der Waals surface area contributed by atoms with E-state index in [-0.39, 0.29) is 5.82 Å². The summed E-state index contributed by atoms with van der Waals surface area (Å²) in [5, 5.41) is 19.2. The lowest BCUT2D eigenvalue weighted by Gasteiger charge is -2.08. The molecule has 4 nitrogen and oxygen atoms in total. The molecule has 1 aromatic carbocycles. The zero-order valence-corrected chi connectivity index (χ0v) is 15.1. The van der Waals surface area contributed by atoms with Crippen LogP contribution in [0.3, 0.4) is 0 Å². The Hall–Kier alpha value is -1.70. The first kappa shape index (κ1) is 17.1. The fourth-order valence-corrected chi connectivity index (χ4v) is 4.23. The van der Waals surface area contributed by atoms with Crippen LogP contribution < -0.4 is 0 Å². The van der Waals surface area contributed by atoms with Crippen molar-refractivity contribution >= 4 is 23.1 Å². The minimum absolute atomic E-state index is 0.324. The van der Waals surface area contributed by atoms with E-state index in [1.165, 1.54) is 22.7 Å². The first-order valence-electron chi connectivity index (χ1n) is 7.64. The Morgan fingerprint density at radius 1 is 1.25 bits per heavy atom. The molecule has 3 rings (SSSR count). The molecule has 0 spiro atoms. The summed E-state index contributed by atoms with van der Waals surface area (Å²) in [5.41, 5.74) is 0.422. The van der Waals surface area contributed by atoms with E-state index < -0.39 is 6.10 Å². The number of hydrogen-bond acceptors (Lipinski definition) is 5. The second-order valence-corrected chi connectivity index (χ2v) is 7.52. The summed E-state index contributed by atoms with van der Waals surface area (Å²) in [4.78, 5) is 2.21. The third kappa shape index (κ3) is 3.53. The molecule has 0 saturated heterocycles. The lowest BCUT2D eigenvalue weighted by atomic mass is 10.2. The van der Waals surface area contributed by atoms with Gasteiger partial charge in [0, 0.05) is 22.6 Å². The van der Waals surface area contributed by atoms with E-state index in [1.54, 1.807) is 41.2 Å². The maximum atomic E-state index is 13.9. The summed E-state index contributed by atoms with van der Waals surface area (Å²) in [6, 6.07) is 10.5. The molecule has 0 fully saturated rings. The Morgan fingerprint density at radius 2 is 2.04 bits per heavy atom. The quantitative estimate of drug-likeness (QED) is 0.671. The van der Waals surface area contributed by atoms with E-state index in [0.29, 0.717) is 22.3 Å². The van der Waals surface area contributed by atoms with Crippen LogP contribution in [0.15, 0.2) is 41.6 Å². The standard InChI is InChI=1S/C17H18FN3OS2/c1-3-11-8-9-15(24-11)14(22)10-23-17-20-19-16(21(17)2)12-6-4-5-7-13(12)18/h4-9,14,22H,3,10H2,1-2H3. The SMILES string of the molecule is CCc1ccc(C(O)CSc2nnc(-c3ccccc3F)n2C)s1. The van der Waals surface area contributed by atoms with Crippen molar-refractivity contribution in [1.82, 2.24) is 14.8 Å². The van der Waals surface area contributed by atoms with E-state index in [2.05, 4.69) is 17.1 Å². The predicted molar refractivity (Wildman–Crippen MR) is 95.8 cm³/mol. The van der Waals surface area contributed by atoms with Gasteiger partial charge in [-0.15, -0.1) is 21.5 Å². The molecule has 0 aliphatic rings. The van der Waals surface area contributed by atoms with Crippen molar-refractivity contribution in [3.05, 3.63) is 52.0 Å². The summed E-state index contributed by atoms with van der Waals surface area (Å²) < 4.78 is 15.7. The van der Waals surface area contributed by atoms with E-state index in [4.69, 9.17) is 0 Å². The van der Waals surface area contributed by atoms with E-state index in [1.807, 2.05) is 12.1 Å². The number of benzene rings is 1. The van der Waals surface area contributed by atoms with Gasteiger partial charge < -0.3 is 9.67 Å². The van der Waals surface area contributed by atoms with Gasteiger partial charge in [0.15, 0.2) is 11.0 Å². The first-order valence-corrected chi connectivity index (χ1v) is 9.44. The van der Waals surface area contributed by atoms with Crippen LogP contribution in [0.25, 0.3) is 11.4 Å². The smallest absolute Gasteiger partial charge is 0.191 e.